The van der Waals surface area contributed by atoms with Gasteiger partial charge in [-0.15, -0.1) is 0 Å². The summed E-state index contributed by atoms with van der Waals surface area (Å²) in [6.45, 7) is 0. The highest BCUT2D eigenvalue weighted by atomic mass is 32.2. The number of sulfonamides is 1. The van der Waals surface area contributed by atoms with Crippen LogP contribution in [0.1, 0.15) is 32.1 Å². The van der Waals surface area contributed by atoms with E-state index in [-0.39, 0.29) is 4.90 Å². The van der Waals surface area contributed by atoms with Gasteiger partial charge >= 0.3 is 0 Å². The first kappa shape index (κ1) is 16.2. The highest BCUT2D eigenvalue weighted by molar-refractivity contribution is 7.89. The number of thiocarbonyl (C=S) groups is 1. The van der Waals surface area contributed by atoms with E-state index in [1.54, 1.807) is 24.3 Å². The van der Waals surface area contributed by atoms with Crippen molar-refractivity contribution in [2.24, 2.45) is 0 Å². The summed E-state index contributed by atoms with van der Waals surface area (Å²) < 4.78 is 25.5. The fourth-order valence-electron chi connectivity index (χ4n) is 2.43. The molecule has 3 N–H and O–H groups in total. The lowest BCUT2D eigenvalue weighted by molar-refractivity contribution is 0.415. The molecule has 1 saturated carbocycles. The molecule has 0 atom stereocenters. The van der Waals surface area contributed by atoms with Crippen molar-refractivity contribution < 1.29 is 8.42 Å². The summed E-state index contributed by atoms with van der Waals surface area (Å²) in [5, 5.41) is 6.99. The third-order valence-corrected chi connectivity index (χ3v) is 5.28. The van der Waals surface area contributed by atoms with Crippen LogP contribution < -0.4 is 15.4 Å². The van der Waals surface area contributed by atoms with E-state index in [4.69, 9.17) is 12.2 Å². The molecular weight excluding hydrogens is 306 g/mol. The summed E-state index contributed by atoms with van der Waals surface area (Å²) in [7, 11) is -2.00. The van der Waals surface area contributed by atoms with E-state index in [0.717, 1.165) is 18.5 Å². The maximum atomic E-state index is 11.6. The Kier molecular flexibility index (Phi) is 5.55. The molecule has 1 aromatic carbocycles. The van der Waals surface area contributed by atoms with E-state index >= 15 is 0 Å². The highest BCUT2D eigenvalue weighted by Crippen LogP contribution is 2.18. The van der Waals surface area contributed by atoms with Gasteiger partial charge in [0.2, 0.25) is 10.0 Å². The number of hydrogen-bond donors (Lipinski definition) is 3. The Hall–Kier alpha value is -1.18. The van der Waals surface area contributed by atoms with Gasteiger partial charge in [0.25, 0.3) is 0 Å². The molecule has 0 radical (unpaired) electrons. The smallest absolute Gasteiger partial charge is 0.240 e. The van der Waals surface area contributed by atoms with E-state index < -0.39 is 10.0 Å². The van der Waals surface area contributed by atoms with Crippen LogP contribution >= 0.6 is 12.2 Å². The predicted octanol–water partition coefficient (Wildman–Crippen LogP) is 2.21. The van der Waals surface area contributed by atoms with E-state index in [2.05, 4.69) is 15.4 Å². The van der Waals surface area contributed by atoms with Crippen LogP contribution in [0.5, 0.6) is 0 Å². The zero-order valence-electron chi connectivity index (χ0n) is 12.1. The van der Waals surface area contributed by atoms with E-state index in [0.29, 0.717) is 11.2 Å². The van der Waals surface area contributed by atoms with Crippen molar-refractivity contribution in [1.29, 1.82) is 0 Å². The summed E-state index contributed by atoms with van der Waals surface area (Å²) in [4.78, 5) is 0.238. The van der Waals surface area contributed by atoms with E-state index in [1.165, 1.54) is 26.3 Å². The predicted molar refractivity (Wildman–Crippen MR) is 88.9 cm³/mol. The fraction of sp³-hybridized carbons (Fsp3) is 0.500. The van der Waals surface area contributed by atoms with Gasteiger partial charge in [-0.25, -0.2) is 13.1 Å². The van der Waals surface area contributed by atoms with Gasteiger partial charge in [0.1, 0.15) is 0 Å². The van der Waals surface area contributed by atoms with Crippen LogP contribution in [0, 0.1) is 0 Å². The molecule has 0 amide bonds. The Morgan fingerprint density at radius 3 is 2.33 bits per heavy atom. The molecule has 0 aliphatic heterocycles. The van der Waals surface area contributed by atoms with Gasteiger partial charge < -0.3 is 10.6 Å². The average molecular weight is 327 g/mol. The van der Waals surface area contributed by atoms with Crippen LogP contribution in [0.25, 0.3) is 0 Å². The Morgan fingerprint density at radius 1 is 1.14 bits per heavy atom. The molecule has 2 rings (SSSR count). The Labute approximate surface area is 131 Å². The zero-order chi connectivity index (χ0) is 15.3. The molecule has 0 saturated heterocycles. The maximum Gasteiger partial charge on any atom is 0.240 e. The third kappa shape index (κ3) is 4.66. The molecule has 0 spiro atoms. The zero-order valence-corrected chi connectivity index (χ0v) is 13.7. The van der Waals surface area contributed by atoms with Crippen molar-refractivity contribution in [2.75, 3.05) is 12.4 Å². The van der Waals surface area contributed by atoms with E-state index in [1.807, 2.05) is 0 Å². The molecule has 5 nitrogen and oxygen atoms in total. The minimum atomic E-state index is -3.39. The summed E-state index contributed by atoms with van der Waals surface area (Å²) in [5.74, 6) is 0. The van der Waals surface area contributed by atoms with Crippen LogP contribution in [-0.2, 0) is 10.0 Å². The Bertz CT molecular complexity index is 579. The monoisotopic (exact) mass is 327 g/mol. The molecule has 1 fully saturated rings. The first-order valence-corrected chi connectivity index (χ1v) is 9.01. The summed E-state index contributed by atoms with van der Waals surface area (Å²) in [5.41, 5.74) is 0.776. The highest BCUT2D eigenvalue weighted by Gasteiger charge is 2.14. The lowest BCUT2D eigenvalue weighted by Gasteiger charge is -2.24. The molecule has 1 aliphatic rings. The average Bonchev–Trinajstić information content (AvgIpc) is 2.48. The fourth-order valence-corrected chi connectivity index (χ4v) is 3.45. The quantitative estimate of drug-likeness (QED) is 0.740. The van der Waals surface area contributed by atoms with Crippen LogP contribution in [0.4, 0.5) is 5.69 Å². The molecule has 0 aromatic heterocycles. The number of anilines is 1. The molecule has 116 valence electrons. The summed E-state index contributed by atoms with van der Waals surface area (Å²) in [6.07, 6.45) is 6.11. The SMILES string of the molecule is CNS(=O)(=O)c1ccc(NC(=S)NC2CCCCC2)cc1. The number of nitrogens with one attached hydrogen (secondary N) is 3. The molecule has 0 bridgehead atoms. The van der Waals surface area contributed by atoms with Crippen molar-refractivity contribution in [3.05, 3.63) is 24.3 Å². The topological polar surface area (TPSA) is 70.2 Å². The Balaban J connectivity index is 1.92. The van der Waals surface area contributed by atoms with Gasteiger partial charge in [0.05, 0.1) is 4.90 Å². The van der Waals surface area contributed by atoms with Crippen LogP contribution in [0.3, 0.4) is 0 Å². The first-order valence-electron chi connectivity index (χ1n) is 7.12. The van der Waals surface area contributed by atoms with Crippen molar-refractivity contribution in [3.63, 3.8) is 0 Å². The van der Waals surface area contributed by atoms with Crippen LogP contribution in [0.15, 0.2) is 29.2 Å². The van der Waals surface area contributed by atoms with Gasteiger partial charge in [0, 0.05) is 11.7 Å². The lowest BCUT2D eigenvalue weighted by Crippen LogP contribution is -2.38. The molecule has 7 heteroatoms. The van der Waals surface area contributed by atoms with Crippen molar-refractivity contribution >= 4 is 33.0 Å². The second kappa shape index (κ2) is 7.20. The normalized spacial score (nSPS) is 16.4. The largest absolute Gasteiger partial charge is 0.360 e. The number of hydrogen-bond acceptors (Lipinski definition) is 3. The Morgan fingerprint density at radius 2 is 1.76 bits per heavy atom. The maximum absolute atomic E-state index is 11.6. The minimum absolute atomic E-state index is 0.238. The molecule has 0 unspecified atom stereocenters. The van der Waals surface area contributed by atoms with E-state index in [9.17, 15) is 8.42 Å². The van der Waals surface area contributed by atoms with Crippen LogP contribution in [-0.4, -0.2) is 26.6 Å². The lowest BCUT2D eigenvalue weighted by atomic mass is 9.96. The molecule has 1 aromatic rings. The second-order valence-corrected chi connectivity index (χ2v) is 7.46. The first-order chi connectivity index (χ1) is 10.0. The van der Waals surface area contributed by atoms with Crippen molar-refractivity contribution in [1.82, 2.24) is 10.0 Å². The summed E-state index contributed by atoms with van der Waals surface area (Å²) in [6, 6.07) is 6.97. The number of benzene rings is 1. The van der Waals surface area contributed by atoms with Crippen molar-refractivity contribution in [3.8, 4) is 0 Å². The van der Waals surface area contributed by atoms with Gasteiger partial charge in [-0.3, -0.25) is 0 Å². The van der Waals surface area contributed by atoms with Gasteiger partial charge in [-0.05, 0) is 56.4 Å². The van der Waals surface area contributed by atoms with Gasteiger partial charge in [0.15, 0.2) is 5.11 Å². The van der Waals surface area contributed by atoms with Crippen LogP contribution in [0.2, 0.25) is 0 Å². The van der Waals surface area contributed by atoms with Gasteiger partial charge in [-0.1, -0.05) is 19.3 Å². The standard InChI is InChI=1S/C14H21N3O2S2/c1-15-21(18,19)13-9-7-12(8-10-13)17-14(20)16-11-5-3-2-4-6-11/h7-11,15H,2-6H2,1H3,(H2,16,17,20). The third-order valence-electron chi connectivity index (χ3n) is 3.63. The molecule has 1 aliphatic carbocycles. The molecule has 0 heterocycles. The van der Waals surface area contributed by atoms with Crippen molar-refractivity contribution in [2.45, 2.75) is 43.0 Å². The molecule has 21 heavy (non-hydrogen) atoms. The number of rotatable bonds is 4. The second-order valence-electron chi connectivity index (χ2n) is 5.17. The van der Waals surface area contributed by atoms with Gasteiger partial charge in [-0.2, -0.15) is 0 Å². The summed E-state index contributed by atoms with van der Waals surface area (Å²) >= 11 is 5.29. The minimum Gasteiger partial charge on any atom is -0.360 e. The molecular formula is C14H21N3O2S2.